The van der Waals surface area contributed by atoms with E-state index in [1.165, 1.54) is 0 Å². The number of hydrogen-bond acceptors (Lipinski definition) is 4. The molecule has 1 fully saturated rings. The maximum absolute atomic E-state index is 12.8. The van der Waals surface area contributed by atoms with E-state index in [0.29, 0.717) is 19.5 Å². The summed E-state index contributed by atoms with van der Waals surface area (Å²) in [5.74, 6) is 0.289. The van der Waals surface area contributed by atoms with E-state index in [4.69, 9.17) is 0 Å². The summed E-state index contributed by atoms with van der Waals surface area (Å²) in [6.45, 7) is 3.32. The number of piperidine rings is 1. The SMILES string of the molecule is C[C@H](c1nccs1)N(C)C(=O)C1CCN(C(=O)Cc2ccccc2)CC1. The van der Waals surface area contributed by atoms with Crippen LogP contribution >= 0.6 is 11.3 Å². The zero-order valence-electron chi connectivity index (χ0n) is 15.3. The molecule has 0 unspecified atom stereocenters. The van der Waals surface area contributed by atoms with E-state index in [0.717, 1.165) is 23.4 Å². The molecule has 0 saturated carbocycles. The van der Waals surface area contributed by atoms with E-state index in [1.54, 1.807) is 22.4 Å². The number of carbonyl (C=O) groups excluding carboxylic acids is 2. The normalized spacial score (nSPS) is 16.3. The van der Waals surface area contributed by atoms with Gasteiger partial charge in [0.2, 0.25) is 11.8 Å². The van der Waals surface area contributed by atoms with Crippen molar-refractivity contribution in [3.63, 3.8) is 0 Å². The average molecular weight is 372 g/mol. The minimum atomic E-state index is -0.0137. The Morgan fingerprint density at radius 3 is 2.58 bits per heavy atom. The highest BCUT2D eigenvalue weighted by Crippen LogP contribution is 2.26. The van der Waals surface area contributed by atoms with Gasteiger partial charge in [-0.3, -0.25) is 9.59 Å². The summed E-state index contributed by atoms with van der Waals surface area (Å²) in [6, 6.07) is 9.79. The predicted octanol–water partition coefficient (Wildman–Crippen LogP) is 3.14. The van der Waals surface area contributed by atoms with E-state index < -0.39 is 0 Å². The van der Waals surface area contributed by atoms with Crippen molar-refractivity contribution in [1.82, 2.24) is 14.8 Å². The van der Waals surface area contributed by atoms with Crippen molar-refractivity contribution in [1.29, 1.82) is 0 Å². The topological polar surface area (TPSA) is 53.5 Å². The van der Waals surface area contributed by atoms with Gasteiger partial charge in [0.05, 0.1) is 12.5 Å². The number of amides is 2. The molecule has 0 bridgehead atoms. The molecule has 26 heavy (non-hydrogen) atoms. The average Bonchev–Trinajstić information content (AvgIpc) is 3.22. The zero-order valence-corrected chi connectivity index (χ0v) is 16.1. The van der Waals surface area contributed by atoms with Crippen LogP contribution in [0.1, 0.15) is 36.4 Å². The van der Waals surface area contributed by atoms with E-state index in [9.17, 15) is 9.59 Å². The van der Waals surface area contributed by atoms with Crippen LogP contribution in [0.3, 0.4) is 0 Å². The Kier molecular flexibility index (Phi) is 6.04. The first kappa shape index (κ1) is 18.6. The molecule has 5 nitrogen and oxygen atoms in total. The van der Waals surface area contributed by atoms with Gasteiger partial charge in [0, 0.05) is 37.6 Å². The number of rotatable bonds is 5. The molecule has 1 aliphatic rings. The molecule has 2 heterocycles. The van der Waals surface area contributed by atoms with Crippen molar-refractivity contribution in [2.24, 2.45) is 5.92 Å². The maximum atomic E-state index is 12.8. The van der Waals surface area contributed by atoms with Crippen molar-refractivity contribution in [2.75, 3.05) is 20.1 Å². The minimum Gasteiger partial charge on any atom is -0.342 e. The molecule has 0 spiro atoms. The molecule has 1 saturated heterocycles. The Balaban J connectivity index is 1.51. The van der Waals surface area contributed by atoms with Gasteiger partial charge in [-0.2, -0.15) is 0 Å². The molecule has 1 aromatic carbocycles. The Labute approximate surface area is 158 Å². The van der Waals surface area contributed by atoms with Crippen molar-refractivity contribution < 1.29 is 9.59 Å². The third kappa shape index (κ3) is 4.30. The molecule has 1 atom stereocenters. The van der Waals surface area contributed by atoms with Gasteiger partial charge in [0.15, 0.2) is 0 Å². The number of aromatic nitrogens is 1. The van der Waals surface area contributed by atoms with Crippen LogP contribution in [0.4, 0.5) is 0 Å². The van der Waals surface area contributed by atoms with E-state index >= 15 is 0 Å². The largest absolute Gasteiger partial charge is 0.342 e. The van der Waals surface area contributed by atoms with Gasteiger partial charge < -0.3 is 9.80 Å². The van der Waals surface area contributed by atoms with Crippen molar-refractivity contribution in [3.8, 4) is 0 Å². The molecule has 2 aromatic rings. The summed E-state index contributed by atoms with van der Waals surface area (Å²) in [4.78, 5) is 33.3. The lowest BCUT2D eigenvalue weighted by molar-refractivity contribution is -0.141. The highest BCUT2D eigenvalue weighted by molar-refractivity contribution is 7.09. The molecule has 6 heteroatoms. The first-order valence-electron chi connectivity index (χ1n) is 9.04. The zero-order chi connectivity index (χ0) is 18.5. The van der Waals surface area contributed by atoms with Crippen molar-refractivity contribution in [3.05, 3.63) is 52.5 Å². The number of thiazole rings is 1. The second-order valence-electron chi connectivity index (χ2n) is 6.81. The first-order chi connectivity index (χ1) is 12.6. The molecule has 0 aliphatic carbocycles. The molecule has 3 rings (SSSR count). The highest BCUT2D eigenvalue weighted by atomic mass is 32.1. The summed E-state index contributed by atoms with van der Waals surface area (Å²) in [5, 5.41) is 2.89. The van der Waals surface area contributed by atoms with Crippen LogP contribution < -0.4 is 0 Å². The standard InChI is InChI=1S/C20H25N3O2S/c1-15(19-21-10-13-26-19)22(2)20(25)17-8-11-23(12-9-17)18(24)14-16-6-4-3-5-7-16/h3-7,10,13,15,17H,8-9,11-12,14H2,1-2H3/t15-/m1/s1. The second-order valence-corrected chi connectivity index (χ2v) is 7.74. The van der Waals surface area contributed by atoms with Crippen LogP contribution in [-0.2, 0) is 16.0 Å². The van der Waals surface area contributed by atoms with Gasteiger partial charge in [0.1, 0.15) is 5.01 Å². The van der Waals surface area contributed by atoms with Crippen molar-refractivity contribution in [2.45, 2.75) is 32.2 Å². The Hall–Kier alpha value is -2.21. The lowest BCUT2D eigenvalue weighted by Gasteiger charge is -2.34. The summed E-state index contributed by atoms with van der Waals surface area (Å²) in [6.07, 6.45) is 3.66. The van der Waals surface area contributed by atoms with E-state index in [1.807, 2.05) is 54.6 Å². The maximum Gasteiger partial charge on any atom is 0.226 e. The van der Waals surface area contributed by atoms with Crippen LogP contribution in [0.25, 0.3) is 0 Å². The fourth-order valence-corrected chi connectivity index (χ4v) is 4.08. The van der Waals surface area contributed by atoms with Crippen LogP contribution in [0.2, 0.25) is 0 Å². The van der Waals surface area contributed by atoms with Gasteiger partial charge in [-0.15, -0.1) is 11.3 Å². The molecular formula is C20H25N3O2S. The summed E-state index contributed by atoms with van der Waals surface area (Å²) in [7, 11) is 1.85. The van der Waals surface area contributed by atoms with Gasteiger partial charge in [-0.25, -0.2) is 4.98 Å². The summed E-state index contributed by atoms with van der Waals surface area (Å²) < 4.78 is 0. The highest BCUT2D eigenvalue weighted by Gasteiger charge is 2.31. The predicted molar refractivity (Wildman–Crippen MR) is 103 cm³/mol. The van der Waals surface area contributed by atoms with Crippen LogP contribution in [0.15, 0.2) is 41.9 Å². The minimum absolute atomic E-state index is 0.0109. The summed E-state index contributed by atoms with van der Waals surface area (Å²) >= 11 is 1.57. The first-order valence-corrected chi connectivity index (χ1v) is 9.92. The molecule has 0 radical (unpaired) electrons. The van der Waals surface area contributed by atoms with E-state index in [-0.39, 0.29) is 23.8 Å². The summed E-state index contributed by atoms with van der Waals surface area (Å²) in [5.41, 5.74) is 1.03. The van der Waals surface area contributed by atoms with Crippen molar-refractivity contribution >= 4 is 23.2 Å². The monoisotopic (exact) mass is 371 g/mol. The molecular weight excluding hydrogens is 346 g/mol. The quantitative estimate of drug-likeness (QED) is 0.811. The number of benzene rings is 1. The van der Waals surface area contributed by atoms with Crippen LogP contribution in [0, 0.1) is 5.92 Å². The number of nitrogens with zero attached hydrogens (tertiary/aromatic N) is 3. The van der Waals surface area contributed by atoms with Crippen LogP contribution in [0.5, 0.6) is 0 Å². The van der Waals surface area contributed by atoms with Crippen LogP contribution in [-0.4, -0.2) is 46.7 Å². The fraction of sp³-hybridized carbons (Fsp3) is 0.450. The Morgan fingerprint density at radius 2 is 1.96 bits per heavy atom. The lowest BCUT2D eigenvalue weighted by Crippen LogP contribution is -2.44. The molecule has 0 N–H and O–H groups in total. The van der Waals surface area contributed by atoms with Gasteiger partial charge in [-0.1, -0.05) is 30.3 Å². The molecule has 2 amide bonds. The van der Waals surface area contributed by atoms with E-state index in [2.05, 4.69) is 4.98 Å². The molecule has 1 aliphatic heterocycles. The smallest absolute Gasteiger partial charge is 0.226 e. The van der Waals surface area contributed by atoms with Gasteiger partial charge in [-0.05, 0) is 25.3 Å². The second kappa shape index (κ2) is 8.45. The third-order valence-electron chi connectivity index (χ3n) is 5.13. The number of carbonyl (C=O) groups is 2. The Morgan fingerprint density at radius 1 is 1.27 bits per heavy atom. The molecule has 1 aromatic heterocycles. The Bertz CT molecular complexity index is 725. The number of likely N-dealkylation sites (tertiary alicyclic amines) is 1. The van der Waals surface area contributed by atoms with Gasteiger partial charge >= 0.3 is 0 Å². The van der Waals surface area contributed by atoms with Gasteiger partial charge in [0.25, 0.3) is 0 Å². The number of hydrogen-bond donors (Lipinski definition) is 0. The molecule has 138 valence electrons. The lowest BCUT2D eigenvalue weighted by atomic mass is 9.94. The third-order valence-corrected chi connectivity index (χ3v) is 6.08. The fourth-order valence-electron chi connectivity index (χ4n) is 3.34.